The van der Waals surface area contributed by atoms with E-state index in [1.54, 1.807) is 16.2 Å². The van der Waals surface area contributed by atoms with Crippen molar-refractivity contribution in [2.45, 2.75) is 13.3 Å². The normalized spacial score (nSPS) is 10.9. The van der Waals surface area contributed by atoms with Crippen molar-refractivity contribution in [3.63, 3.8) is 0 Å². The second-order valence-electron chi connectivity index (χ2n) is 5.97. The highest BCUT2D eigenvalue weighted by molar-refractivity contribution is 7.10. The number of hydrogen-bond acceptors (Lipinski definition) is 3. The zero-order valence-electron chi connectivity index (χ0n) is 15.4. The fraction of sp³-hybridized carbons (Fsp3) is 0.174. The van der Waals surface area contributed by atoms with Gasteiger partial charge in [-0.15, -0.1) is 11.3 Å². The number of hydrogen-bond donors (Lipinski definition) is 0. The van der Waals surface area contributed by atoms with Gasteiger partial charge in [0.15, 0.2) is 0 Å². The van der Waals surface area contributed by atoms with E-state index in [9.17, 15) is 4.79 Å². The number of carbonyl (C=O) groups is 1. The Morgan fingerprint density at radius 3 is 2.56 bits per heavy atom. The molecule has 0 saturated heterocycles. The SMILES string of the molecule is CCOc1ccccc1N(C/C=C/c1ccccc1)C(=O)Cc1cccs1. The van der Waals surface area contributed by atoms with Gasteiger partial charge in [-0.25, -0.2) is 0 Å². The summed E-state index contributed by atoms with van der Waals surface area (Å²) in [5.41, 5.74) is 1.92. The largest absolute Gasteiger partial charge is 0.492 e. The smallest absolute Gasteiger partial charge is 0.232 e. The van der Waals surface area contributed by atoms with Gasteiger partial charge < -0.3 is 9.64 Å². The number of anilines is 1. The first-order chi connectivity index (χ1) is 13.3. The summed E-state index contributed by atoms with van der Waals surface area (Å²) in [6.45, 7) is 3.00. The van der Waals surface area contributed by atoms with Crippen molar-refractivity contribution < 1.29 is 9.53 Å². The molecule has 3 nitrogen and oxygen atoms in total. The average molecular weight is 378 g/mol. The highest BCUT2D eigenvalue weighted by Gasteiger charge is 2.19. The van der Waals surface area contributed by atoms with Crippen LogP contribution in [0.4, 0.5) is 5.69 Å². The maximum Gasteiger partial charge on any atom is 0.232 e. The summed E-state index contributed by atoms with van der Waals surface area (Å²) in [5, 5.41) is 2.00. The summed E-state index contributed by atoms with van der Waals surface area (Å²) < 4.78 is 5.75. The van der Waals surface area contributed by atoms with E-state index in [1.807, 2.05) is 91.2 Å². The van der Waals surface area contributed by atoms with Gasteiger partial charge in [0.25, 0.3) is 0 Å². The highest BCUT2D eigenvalue weighted by atomic mass is 32.1. The fourth-order valence-corrected chi connectivity index (χ4v) is 3.50. The zero-order chi connectivity index (χ0) is 18.9. The summed E-state index contributed by atoms with van der Waals surface area (Å²) in [4.78, 5) is 15.9. The summed E-state index contributed by atoms with van der Waals surface area (Å²) >= 11 is 1.60. The fourth-order valence-electron chi connectivity index (χ4n) is 2.81. The van der Waals surface area contributed by atoms with Crippen LogP contribution in [0.3, 0.4) is 0 Å². The van der Waals surface area contributed by atoms with Crippen LogP contribution in [0.5, 0.6) is 5.75 Å². The maximum atomic E-state index is 13.1. The third kappa shape index (κ3) is 5.31. The zero-order valence-corrected chi connectivity index (χ0v) is 16.2. The van der Waals surface area contributed by atoms with Crippen LogP contribution in [0.1, 0.15) is 17.4 Å². The van der Waals surface area contributed by atoms with Gasteiger partial charge in [-0.05, 0) is 36.1 Å². The van der Waals surface area contributed by atoms with Crippen LogP contribution in [0.15, 0.2) is 78.2 Å². The minimum Gasteiger partial charge on any atom is -0.492 e. The topological polar surface area (TPSA) is 29.5 Å². The Bertz CT molecular complexity index is 872. The number of para-hydroxylation sites is 2. The lowest BCUT2D eigenvalue weighted by Gasteiger charge is -2.23. The molecule has 3 aromatic rings. The number of rotatable bonds is 8. The number of amides is 1. The van der Waals surface area contributed by atoms with Crippen LogP contribution in [0.2, 0.25) is 0 Å². The molecule has 0 radical (unpaired) electrons. The quantitative estimate of drug-likeness (QED) is 0.523. The Hall–Kier alpha value is -2.85. The molecular formula is C23H23NO2S. The van der Waals surface area contributed by atoms with E-state index in [4.69, 9.17) is 4.74 Å². The second-order valence-corrected chi connectivity index (χ2v) is 7.01. The predicted octanol–water partition coefficient (Wildman–Crippen LogP) is 5.44. The molecule has 138 valence electrons. The van der Waals surface area contributed by atoms with Crippen LogP contribution in [-0.2, 0) is 11.2 Å². The molecule has 1 heterocycles. The number of nitrogens with zero attached hydrogens (tertiary/aromatic N) is 1. The molecule has 0 aliphatic rings. The van der Waals surface area contributed by atoms with Crippen LogP contribution in [0, 0.1) is 0 Å². The lowest BCUT2D eigenvalue weighted by atomic mass is 10.2. The molecule has 3 rings (SSSR count). The van der Waals surface area contributed by atoms with Gasteiger partial charge in [0.1, 0.15) is 5.75 Å². The summed E-state index contributed by atoms with van der Waals surface area (Å²) in [7, 11) is 0. The number of benzene rings is 2. The van der Waals surface area contributed by atoms with Crippen molar-refractivity contribution in [3.05, 3.63) is 88.6 Å². The van der Waals surface area contributed by atoms with Crippen molar-refractivity contribution in [1.29, 1.82) is 0 Å². The second kappa shape index (κ2) is 9.74. The van der Waals surface area contributed by atoms with Gasteiger partial charge >= 0.3 is 0 Å². The first kappa shape index (κ1) is 18.9. The Labute approximate surface area is 164 Å². The van der Waals surface area contributed by atoms with E-state index in [0.29, 0.717) is 19.6 Å². The standard InChI is InChI=1S/C23H23NO2S/c1-2-26-22-15-7-6-14-21(22)24(23(25)18-20-13-9-17-27-20)16-8-12-19-10-4-3-5-11-19/h3-15,17H,2,16,18H2,1H3/b12-8+. The van der Waals surface area contributed by atoms with Crippen LogP contribution in [-0.4, -0.2) is 19.1 Å². The van der Waals surface area contributed by atoms with Crippen molar-refractivity contribution in [3.8, 4) is 5.75 Å². The van der Waals surface area contributed by atoms with Gasteiger partial charge in [0.05, 0.1) is 18.7 Å². The number of thiophene rings is 1. The van der Waals surface area contributed by atoms with Gasteiger partial charge in [0, 0.05) is 11.4 Å². The van der Waals surface area contributed by atoms with Gasteiger partial charge in [-0.2, -0.15) is 0 Å². The molecule has 0 aliphatic carbocycles. The lowest BCUT2D eigenvalue weighted by molar-refractivity contribution is -0.117. The molecule has 4 heteroatoms. The molecule has 0 saturated carbocycles. The Morgan fingerprint density at radius 1 is 1.04 bits per heavy atom. The average Bonchev–Trinajstić information content (AvgIpc) is 3.20. The van der Waals surface area contributed by atoms with Crippen LogP contribution in [0.25, 0.3) is 6.08 Å². The summed E-state index contributed by atoms with van der Waals surface area (Å²) in [6.07, 6.45) is 4.44. The molecule has 0 bridgehead atoms. The molecule has 0 aliphatic heterocycles. The van der Waals surface area contributed by atoms with Crippen molar-refractivity contribution in [2.75, 3.05) is 18.1 Å². The lowest BCUT2D eigenvalue weighted by Crippen LogP contribution is -2.32. The van der Waals surface area contributed by atoms with E-state index >= 15 is 0 Å². The molecule has 0 fully saturated rings. The van der Waals surface area contributed by atoms with E-state index in [1.165, 1.54) is 0 Å². The highest BCUT2D eigenvalue weighted by Crippen LogP contribution is 2.29. The van der Waals surface area contributed by atoms with Gasteiger partial charge in [0.2, 0.25) is 5.91 Å². The number of ether oxygens (including phenoxy) is 1. The molecule has 0 spiro atoms. The molecule has 2 aromatic carbocycles. The monoisotopic (exact) mass is 377 g/mol. The van der Waals surface area contributed by atoms with Gasteiger partial charge in [-0.1, -0.05) is 60.7 Å². The predicted molar refractivity (Wildman–Crippen MR) is 113 cm³/mol. The maximum absolute atomic E-state index is 13.1. The van der Waals surface area contributed by atoms with Crippen molar-refractivity contribution >= 4 is 29.0 Å². The minimum absolute atomic E-state index is 0.0577. The minimum atomic E-state index is 0.0577. The van der Waals surface area contributed by atoms with E-state index in [2.05, 4.69) is 0 Å². The van der Waals surface area contributed by atoms with E-state index in [-0.39, 0.29) is 5.91 Å². The third-order valence-electron chi connectivity index (χ3n) is 4.06. The molecule has 0 unspecified atom stereocenters. The molecule has 0 N–H and O–H groups in total. The summed E-state index contributed by atoms with van der Waals surface area (Å²) in [6, 6.07) is 21.8. The van der Waals surface area contributed by atoms with Crippen LogP contribution >= 0.6 is 11.3 Å². The molecule has 27 heavy (non-hydrogen) atoms. The Kier molecular flexibility index (Phi) is 6.83. The van der Waals surface area contributed by atoms with Crippen LogP contribution < -0.4 is 9.64 Å². The Morgan fingerprint density at radius 2 is 1.81 bits per heavy atom. The molecular weight excluding hydrogens is 354 g/mol. The Balaban J connectivity index is 1.84. The first-order valence-electron chi connectivity index (χ1n) is 9.04. The first-order valence-corrected chi connectivity index (χ1v) is 9.92. The third-order valence-corrected chi connectivity index (χ3v) is 4.94. The van der Waals surface area contributed by atoms with Crippen molar-refractivity contribution in [1.82, 2.24) is 0 Å². The van der Waals surface area contributed by atoms with Gasteiger partial charge in [-0.3, -0.25) is 4.79 Å². The van der Waals surface area contributed by atoms with E-state index < -0.39 is 0 Å². The van der Waals surface area contributed by atoms with Crippen molar-refractivity contribution in [2.24, 2.45) is 0 Å². The van der Waals surface area contributed by atoms with E-state index in [0.717, 1.165) is 21.9 Å². The summed E-state index contributed by atoms with van der Waals surface area (Å²) in [5.74, 6) is 0.787. The number of carbonyl (C=O) groups excluding carboxylic acids is 1. The molecule has 0 atom stereocenters. The molecule has 1 amide bonds. The molecule has 1 aromatic heterocycles.